The molecule has 0 aliphatic heterocycles. The van der Waals surface area contributed by atoms with E-state index in [1.165, 1.54) is 31.9 Å². The normalized spacial score (nSPS) is 27.9. The van der Waals surface area contributed by atoms with Crippen molar-refractivity contribution in [2.75, 3.05) is 5.32 Å². The van der Waals surface area contributed by atoms with E-state index in [0.717, 1.165) is 11.8 Å². The average Bonchev–Trinajstić information content (AvgIpc) is 2.99. The first-order valence-electron chi connectivity index (χ1n) is 7.72. The number of rotatable bonds is 3. The maximum absolute atomic E-state index is 11.3. The first-order chi connectivity index (χ1) is 9.84. The lowest BCUT2D eigenvalue weighted by Crippen LogP contribution is -2.28. The van der Waals surface area contributed by atoms with Gasteiger partial charge in [0, 0.05) is 17.7 Å². The summed E-state index contributed by atoms with van der Waals surface area (Å²) < 4.78 is 0. The van der Waals surface area contributed by atoms with E-state index in [1.54, 1.807) is 0 Å². The third-order valence-corrected chi connectivity index (χ3v) is 4.78. The minimum atomic E-state index is -0.966. The maximum Gasteiger partial charge on any atom is 0.339 e. The highest BCUT2D eigenvalue weighted by Gasteiger charge is 2.39. The fourth-order valence-corrected chi connectivity index (χ4v) is 3.77. The van der Waals surface area contributed by atoms with Gasteiger partial charge in [-0.05, 0) is 31.1 Å². The van der Waals surface area contributed by atoms with E-state index in [2.05, 4.69) is 15.3 Å². The molecule has 2 saturated carbocycles. The summed E-state index contributed by atoms with van der Waals surface area (Å²) in [6.45, 7) is 5.93. The van der Waals surface area contributed by atoms with Crippen LogP contribution in [0.25, 0.3) is 0 Å². The zero-order valence-electron chi connectivity index (χ0n) is 12.9. The lowest BCUT2D eigenvalue weighted by Gasteiger charge is -2.25. The van der Waals surface area contributed by atoms with Crippen LogP contribution in [0.2, 0.25) is 0 Å². The van der Waals surface area contributed by atoms with E-state index < -0.39 is 5.97 Å². The molecule has 0 unspecified atom stereocenters. The van der Waals surface area contributed by atoms with E-state index in [1.807, 2.05) is 20.8 Å². The molecule has 3 rings (SSSR count). The van der Waals surface area contributed by atoms with Crippen LogP contribution in [-0.2, 0) is 5.41 Å². The number of aromatic nitrogens is 2. The average molecular weight is 289 g/mol. The van der Waals surface area contributed by atoms with Gasteiger partial charge in [-0.3, -0.25) is 0 Å². The largest absolute Gasteiger partial charge is 0.478 e. The van der Waals surface area contributed by atoms with Crippen molar-refractivity contribution in [3.05, 3.63) is 17.5 Å². The van der Waals surface area contributed by atoms with Gasteiger partial charge in [-0.15, -0.1) is 0 Å². The second kappa shape index (κ2) is 4.97. The Hall–Kier alpha value is -1.65. The highest BCUT2D eigenvalue weighted by Crippen LogP contribution is 2.45. The van der Waals surface area contributed by atoms with Crippen molar-refractivity contribution in [1.29, 1.82) is 0 Å². The second-order valence-electron chi connectivity index (χ2n) is 7.44. The molecule has 21 heavy (non-hydrogen) atoms. The third kappa shape index (κ3) is 2.74. The highest BCUT2D eigenvalue weighted by atomic mass is 16.4. The number of carboxylic acid groups (broad SMARTS) is 1. The smallest absolute Gasteiger partial charge is 0.339 e. The Kier molecular flexibility index (Phi) is 3.38. The molecule has 2 aliphatic carbocycles. The number of hydrogen-bond donors (Lipinski definition) is 2. The fraction of sp³-hybridized carbons (Fsp3) is 0.688. The molecule has 2 fully saturated rings. The fourth-order valence-electron chi connectivity index (χ4n) is 3.77. The summed E-state index contributed by atoms with van der Waals surface area (Å²) in [6, 6.07) is 0.451. The van der Waals surface area contributed by atoms with Crippen LogP contribution in [0.4, 0.5) is 5.95 Å². The molecule has 1 aromatic heterocycles. The first-order valence-corrected chi connectivity index (χ1v) is 7.72. The second-order valence-corrected chi connectivity index (χ2v) is 7.44. The zero-order chi connectivity index (χ0) is 15.2. The summed E-state index contributed by atoms with van der Waals surface area (Å²) in [5.41, 5.74) is 0.471. The van der Waals surface area contributed by atoms with Crippen molar-refractivity contribution < 1.29 is 9.90 Å². The summed E-state index contributed by atoms with van der Waals surface area (Å²) in [5, 5.41) is 12.7. The number of nitrogens with zero attached hydrogens (tertiary/aromatic N) is 2. The molecule has 2 N–H and O–H groups in total. The summed E-state index contributed by atoms with van der Waals surface area (Å²) in [4.78, 5) is 20.1. The van der Waals surface area contributed by atoms with Crippen LogP contribution in [0.5, 0.6) is 0 Å². The number of anilines is 1. The molecule has 0 saturated heterocycles. The molecule has 0 spiro atoms. The van der Waals surface area contributed by atoms with Gasteiger partial charge >= 0.3 is 5.97 Å². The van der Waals surface area contributed by atoms with Gasteiger partial charge in [0.1, 0.15) is 0 Å². The minimum Gasteiger partial charge on any atom is -0.478 e. The van der Waals surface area contributed by atoms with Gasteiger partial charge in [0.2, 0.25) is 5.95 Å². The quantitative estimate of drug-likeness (QED) is 0.894. The monoisotopic (exact) mass is 289 g/mol. The van der Waals surface area contributed by atoms with Gasteiger partial charge in [0.15, 0.2) is 0 Å². The van der Waals surface area contributed by atoms with Crippen LogP contribution in [0.1, 0.15) is 62.5 Å². The van der Waals surface area contributed by atoms with Gasteiger partial charge in [-0.25, -0.2) is 14.8 Å². The van der Waals surface area contributed by atoms with Crippen molar-refractivity contribution in [2.45, 2.75) is 57.9 Å². The van der Waals surface area contributed by atoms with Crippen LogP contribution in [-0.4, -0.2) is 27.1 Å². The highest BCUT2D eigenvalue weighted by molar-refractivity contribution is 5.89. The molecular weight excluding hydrogens is 266 g/mol. The van der Waals surface area contributed by atoms with Gasteiger partial charge < -0.3 is 10.4 Å². The summed E-state index contributed by atoms with van der Waals surface area (Å²) in [6.07, 6.45) is 6.60. The molecule has 0 amide bonds. The predicted octanol–water partition coefficient (Wildman–Crippen LogP) is 3.07. The number of nitrogens with one attached hydrogen (secondary N) is 1. The SMILES string of the molecule is CC(C)(C)c1nc(N[C@@H]2C[C@H]3CC[C@@H]2C3)ncc1C(=O)O. The van der Waals surface area contributed by atoms with Crippen LogP contribution in [0.3, 0.4) is 0 Å². The maximum atomic E-state index is 11.3. The number of hydrogen-bond acceptors (Lipinski definition) is 4. The molecule has 1 aromatic rings. The zero-order valence-corrected chi connectivity index (χ0v) is 12.9. The Bertz CT molecular complexity index is 565. The van der Waals surface area contributed by atoms with Crippen molar-refractivity contribution in [1.82, 2.24) is 9.97 Å². The van der Waals surface area contributed by atoms with E-state index >= 15 is 0 Å². The number of fused-ring (bicyclic) bond motifs is 2. The summed E-state index contributed by atoms with van der Waals surface area (Å²) >= 11 is 0. The van der Waals surface area contributed by atoms with Gasteiger partial charge in [-0.1, -0.05) is 27.2 Å². The molecule has 2 aliphatic rings. The molecule has 2 bridgehead atoms. The number of carboxylic acids is 1. The Morgan fingerprint density at radius 1 is 1.33 bits per heavy atom. The minimum absolute atomic E-state index is 0.195. The van der Waals surface area contributed by atoms with Crippen LogP contribution in [0, 0.1) is 11.8 Å². The van der Waals surface area contributed by atoms with Crippen molar-refractivity contribution in [3.8, 4) is 0 Å². The molecule has 0 radical (unpaired) electrons. The van der Waals surface area contributed by atoms with Crippen LogP contribution >= 0.6 is 0 Å². The van der Waals surface area contributed by atoms with Gasteiger partial charge in [0.25, 0.3) is 0 Å². The molecule has 0 aromatic carbocycles. The summed E-state index contributed by atoms with van der Waals surface area (Å²) in [7, 11) is 0. The van der Waals surface area contributed by atoms with Crippen molar-refractivity contribution in [3.63, 3.8) is 0 Å². The van der Waals surface area contributed by atoms with E-state index in [-0.39, 0.29) is 11.0 Å². The molecular formula is C16H23N3O2. The number of carbonyl (C=O) groups is 1. The lowest BCUT2D eigenvalue weighted by atomic mass is 9.89. The lowest BCUT2D eigenvalue weighted by molar-refractivity contribution is 0.0693. The molecule has 5 heteroatoms. The number of aromatic carboxylic acids is 1. The van der Waals surface area contributed by atoms with E-state index in [9.17, 15) is 9.90 Å². The topological polar surface area (TPSA) is 75.1 Å². The van der Waals surface area contributed by atoms with E-state index in [0.29, 0.717) is 17.7 Å². The Balaban J connectivity index is 1.85. The molecule has 3 atom stereocenters. The third-order valence-electron chi connectivity index (χ3n) is 4.78. The van der Waals surface area contributed by atoms with E-state index in [4.69, 9.17) is 0 Å². The van der Waals surface area contributed by atoms with Gasteiger partial charge in [-0.2, -0.15) is 0 Å². The van der Waals surface area contributed by atoms with Gasteiger partial charge in [0.05, 0.1) is 11.3 Å². The molecule has 1 heterocycles. The predicted molar refractivity (Wildman–Crippen MR) is 80.6 cm³/mol. The van der Waals surface area contributed by atoms with Crippen LogP contribution < -0.4 is 5.32 Å². The molecule has 114 valence electrons. The van der Waals surface area contributed by atoms with Crippen molar-refractivity contribution >= 4 is 11.9 Å². The van der Waals surface area contributed by atoms with Crippen molar-refractivity contribution in [2.24, 2.45) is 11.8 Å². The first kappa shape index (κ1) is 14.3. The Morgan fingerprint density at radius 3 is 2.62 bits per heavy atom. The molecule has 5 nitrogen and oxygen atoms in total. The summed E-state index contributed by atoms with van der Waals surface area (Å²) in [5.74, 6) is 1.19. The Labute approximate surface area is 125 Å². The van der Waals surface area contributed by atoms with Crippen LogP contribution in [0.15, 0.2) is 6.20 Å². The standard InChI is InChI=1S/C16H23N3O2/c1-16(2,3)13-11(14(20)21)8-17-15(19-13)18-12-7-9-4-5-10(12)6-9/h8-10,12H,4-7H2,1-3H3,(H,20,21)(H,17,18,19)/t9-,10+,12+/m0/s1. The Morgan fingerprint density at radius 2 is 2.10 bits per heavy atom.